The van der Waals surface area contributed by atoms with Gasteiger partial charge in [-0.1, -0.05) is 30.2 Å². The molecule has 0 aromatic heterocycles. The molecule has 20 heavy (non-hydrogen) atoms. The molecule has 2 aromatic carbocycles. The van der Waals surface area contributed by atoms with E-state index in [4.69, 9.17) is 6.42 Å². The molecule has 0 fully saturated rings. The van der Waals surface area contributed by atoms with E-state index in [1.54, 1.807) is 6.07 Å². The highest BCUT2D eigenvalue weighted by atomic mass is 16.1. The summed E-state index contributed by atoms with van der Waals surface area (Å²) in [6, 6.07) is 15.2. The molecule has 1 aliphatic rings. The van der Waals surface area contributed by atoms with Crippen molar-refractivity contribution in [3.8, 4) is 12.3 Å². The van der Waals surface area contributed by atoms with Crippen molar-refractivity contribution in [2.24, 2.45) is 0 Å². The van der Waals surface area contributed by atoms with Gasteiger partial charge in [-0.15, -0.1) is 6.42 Å². The number of amides is 1. The molecule has 3 rings (SSSR count). The lowest BCUT2D eigenvalue weighted by Gasteiger charge is -2.11. The predicted molar refractivity (Wildman–Crippen MR) is 80.7 cm³/mol. The quantitative estimate of drug-likeness (QED) is 0.817. The molecule has 0 spiro atoms. The lowest BCUT2D eigenvalue weighted by molar-refractivity contribution is -0.117. The van der Waals surface area contributed by atoms with Gasteiger partial charge < -0.3 is 10.6 Å². The summed E-state index contributed by atoms with van der Waals surface area (Å²) >= 11 is 0. The topological polar surface area (TPSA) is 41.1 Å². The van der Waals surface area contributed by atoms with Crippen LogP contribution in [0.2, 0.25) is 0 Å². The van der Waals surface area contributed by atoms with Crippen LogP contribution in [-0.4, -0.2) is 12.5 Å². The van der Waals surface area contributed by atoms with E-state index in [1.165, 1.54) is 0 Å². The fraction of sp³-hybridized carbons (Fsp3) is 0.118. The van der Waals surface area contributed by atoms with Crippen LogP contribution in [0.1, 0.15) is 17.0 Å². The maximum Gasteiger partial charge on any atom is 0.233 e. The van der Waals surface area contributed by atoms with Crippen LogP contribution < -0.4 is 10.6 Å². The van der Waals surface area contributed by atoms with E-state index in [9.17, 15) is 4.79 Å². The molecule has 0 aliphatic carbocycles. The zero-order valence-electron chi connectivity index (χ0n) is 10.9. The first-order valence-electron chi connectivity index (χ1n) is 6.48. The fourth-order valence-corrected chi connectivity index (χ4v) is 2.43. The number of fused-ring (bicyclic) bond motifs is 1. The van der Waals surface area contributed by atoms with Gasteiger partial charge >= 0.3 is 0 Å². The SMILES string of the molecule is C#Cc1cccc(NC(=O)C2CNc3ccccc32)c1. The van der Waals surface area contributed by atoms with Crippen LogP contribution in [0.3, 0.4) is 0 Å². The Hall–Kier alpha value is -2.73. The second-order valence-corrected chi connectivity index (χ2v) is 4.74. The molecule has 1 amide bonds. The highest BCUT2D eigenvalue weighted by Gasteiger charge is 2.27. The summed E-state index contributed by atoms with van der Waals surface area (Å²) < 4.78 is 0. The van der Waals surface area contributed by atoms with Crippen LogP contribution in [0.15, 0.2) is 48.5 Å². The van der Waals surface area contributed by atoms with Crippen LogP contribution in [-0.2, 0) is 4.79 Å². The van der Waals surface area contributed by atoms with Gasteiger partial charge in [0.15, 0.2) is 0 Å². The molecular weight excluding hydrogens is 248 g/mol. The number of carbonyl (C=O) groups is 1. The predicted octanol–water partition coefficient (Wildman–Crippen LogP) is 2.82. The van der Waals surface area contributed by atoms with E-state index in [-0.39, 0.29) is 11.8 Å². The van der Waals surface area contributed by atoms with Crippen molar-refractivity contribution in [2.45, 2.75) is 5.92 Å². The summed E-state index contributed by atoms with van der Waals surface area (Å²) in [7, 11) is 0. The maximum absolute atomic E-state index is 12.4. The second kappa shape index (κ2) is 5.10. The summed E-state index contributed by atoms with van der Waals surface area (Å²) in [5.74, 6) is 2.38. The van der Waals surface area contributed by atoms with Crippen LogP contribution in [0, 0.1) is 12.3 Å². The number of hydrogen-bond donors (Lipinski definition) is 2. The Balaban J connectivity index is 1.79. The molecule has 3 heteroatoms. The van der Waals surface area contributed by atoms with Gasteiger partial charge in [0.1, 0.15) is 0 Å². The molecule has 0 saturated carbocycles. The smallest absolute Gasteiger partial charge is 0.233 e. The van der Waals surface area contributed by atoms with Gasteiger partial charge in [0, 0.05) is 23.5 Å². The number of nitrogens with one attached hydrogen (secondary N) is 2. The van der Waals surface area contributed by atoms with Crippen molar-refractivity contribution < 1.29 is 4.79 Å². The Kier molecular flexibility index (Phi) is 3.14. The lowest BCUT2D eigenvalue weighted by Crippen LogP contribution is -2.22. The summed E-state index contributed by atoms with van der Waals surface area (Å²) in [5, 5.41) is 6.17. The molecule has 2 N–H and O–H groups in total. The van der Waals surface area contributed by atoms with Crippen LogP contribution in [0.25, 0.3) is 0 Å². The Bertz CT molecular complexity index is 700. The average Bonchev–Trinajstić information content (AvgIpc) is 2.91. The lowest BCUT2D eigenvalue weighted by atomic mass is 10.0. The number of benzene rings is 2. The van der Waals surface area contributed by atoms with Crippen molar-refractivity contribution in [3.05, 3.63) is 59.7 Å². The Morgan fingerprint density at radius 2 is 2.10 bits per heavy atom. The summed E-state index contributed by atoms with van der Waals surface area (Å²) in [6.45, 7) is 0.625. The molecule has 0 saturated heterocycles. The van der Waals surface area contributed by atoms with E-state index in [1.807, 2.05) is 42.5 Å². The first kappa shape index (κ1) is 12.3. The molecule has 0 bridgehead atoms. The van der Waals surface area contributed by atoms with Gasteiger partial charge in [0.25, 0.3) is 0 Å². The maximum atomic E-state index is 12.4. The monoisotopic (exact) mass is 262 g/mol. The third-order valence-corrected chi connectivity index (χ3v) is 3.45. The molecular formula is C17H14N2O. The van der Waals surface area contributed by atoms with Crippen LogP contribution in [0.4, 0.5) is 11.4 Å². The molecule has 1 atom stereocenters. The molecule has 1 unspecified atom stereocenters. The number of terminal acetylenes is 1. The Morgan fingerprint density at radius 3 is 2.95 bits per heavy atom. The molecule has 0 radical (unpaired) electrons. The average molecular weight is 262 g/mol. The van der Waals surface area contributed by atoms with Crippen molar-refractivity contribution in [3.63, 3.8) is 0 Å². The third-order valence-electron chi connectivity index (χ3n) is 3.45. The Labute approximate surface area is 118 Å². The van der Waals surface area contributed by atoms with Gasteiger partial charge in [-0.3, -0.25) is 4.79 Å². The zero-order valence-corrected chi connectivity index (χ0v) is 10.9. The number of rotatable bonds is 2. The number of hydrogen-bond acceptors (Lipinski definition) is 2. The minimum atomic E-state index is -0.166. The van der Waals surface area contributed by atoms with Gasteiger partial charge in [-0.25, -0.2) is 0 Å². The zero-order chi connectivity index (χ0) is 13.9. The van der Waals surface area contributed by atoms with Gasteiger partial charge in [0.2, 0.25) is 5.91 Å². The van der Waals surface area contributed by atoms with E-state index in [0.29, 0.717) is 6.54 Å². The largest absolute Gasteiger partial charge is 0.384 e. The van der Waals surface area contributed by atoms with E-state index >= 15 is 0 Å². The van der Waals surface area contributed by atoms with Crippen molar-refractivity contribution >= 4 is 17.3 Å². The van der Waals surface area contributed by atoms with Crippen molar-refractivity contribution in [1.29, 1.82) is 0 Å². The molecule has 1 heterocycles. The van der Waals surface area contributed by atoms with Gasteiger partial charge in [0.05, 0.1) is 5.92 Å². The van der Waals surface area contributed by atoms with Gasteiger partial charge in [-0.05, 0) is 29.8 Å². The highest BCUT2D eigenvalue weighted by Crippen LogP contribution is 2.31. The normalized spacial score (nSPS) is 15.8. The van der Waals surface area contributed by atoms with Crippen molar-refractivity contribution in [2.75, 3.05) is 17.2 Å². The summed E-state index contributed by atoms with van der Waals surface area (Å²) in [4.78, 5) is 12.4. The van der Waals surface area contributed by atoms with E-state index in [2.05, 4.69) is 16.6 Å². The Morgan fingerprint density at radius 1 is 1.25 bits per heavy atom. The van der Waals surface area contributed by atoms with Crippen molar-refractivity contribution in [1.82, 2.24) is 0 Å². The summed E-state index contributed by atoms with van der Waals surface area (Å²) in [5.41, 5.74) is 3.56. The molecule has 1 aliphatic heterocycles. The van der Waals surface area contributed by atoms with Crippen LogP contribution in [0.5, 0.6) is 0 Å². The summed E-state index contributed by atoms with van der Waals surface area (Å²) in [6.07, 6.45) is 5.36. The van der Waals surface area contributed by atoms with Gasteiger partial charge in [-0.2, -0.15) is 0 Å². The number of carbonyl (C=O) groups excluding carboxylic acids is 1. The molecule has 98 valence electrons. The number of para-hydroxylation sites is 1. The number of anilines is 2. The fourth-order valence-electron chi connectivity index (χ4n) is 2.43. The first-order valence-corrected chi connectivity index (χ1v) is 6.48. The first-order chi connectivity index (χ1) is 9.78. The second-order valence-electron chi connectivity index (χ2n) is 4.74. The standard InChI is InChI=1S/C17H14N2O/c1-2-12-6-5-7-13(10-12)19-17(20)15-11-18-16-9-4-3-8-14(15)16/h1,3-10,15,18H,11H2,(H,19,20). The molecule has 2 aromatic rings. The highest BCUT2D eigenvalue weighted by molar-refractivity contribution is 5.98. The van der Waals surface area contributed by atoms with E-state index < -0.39 is 0 Å². The third kappa shape index (κ3) is 2.24. The van der Waals surface area contributed by atoms with Crippen LogP contribution >= 0.6 is 0 Å². The minimum Gasteiger partial charge on any atom is -0.384 e. The molecule has 3 nitrogen and oxygen atoms in total. The van der Waals surface area contributed by atoms with E-state index in [0.717, 1.165) is 22.5 Å². The minimum absolute atomic E-state index is 0.0170.